The maximum Gasteiger partial charge on any atom is 0.234 e. The number of hydrogen-bond acceptors (Lipinski definition) is 1. The minimum Gasteiger partial charge on any atom is -0.362 e. The van der Waals surface area contributed by atoms with Crippen LogP contribution in [0.25, 0.3) is 0 Å². The first kappa shape index (κ1) is 5.92. The van der Waals surface area contributed by atoms with E-state index in [-0.39, 0.29) is 0 Å². The van der Waals surface area contributed by atoms with Crippen LogP contribution in [0.5, 0.6) is 0 Å². The Labute approximate surface area is 58.0 Å². The molecule has 10 heavy (non-hydrogen) atoms. The molecule has 1 N–H and O–H groups in total. The molecule has 0 amide bonds. The maximum atomic E-state index is 12.5. The second-order valence-corrected chi connectivity index (χ2v) is 2.62. The van der Waals surface area contributed by atoms with Crippen molar-refractivity contribution in [1.29, 1.82) is 0 Å². The summed E-state index contributed by atoms with van der Waals surface area (Å²) in [7, 11) is 0. The molecule has 54 valence electrons. The molecule has 0 aromatic carbocycles. The van der Waals surface area contributed by atoms with Gasteiger partial charge in [0.25, 0.3) is 0 Å². The summed E-state index contributed by atoms with van der Waals surface area (Å²) in [6, 6.07) is 3.65. The monoisotopic (exact) mass is 141 g/mol. The van der Waals surface area contributed by atoms with E-state index in [1.165, 1.54) is 0 Å². The van der Waals surface area contributed by atoms with Crippen molar-refractivity contribution in [3.8, 4) is 0 Å². The van der Waals surface area contributed by atoms with Crippen LogP contribution in [0.2, 0.25) is 0 Å². The summed E-state index contributed by atoms with van der Waals surface area (Å²) in [5, 5.41) is 0. The fourth-order valence-corrected chi connectivity index (χ4v) is 1.01. The zero-order valence-electron chi connectivity index (χ0n) is 5.60. The van der Waals surface area contributed by atoms with Gasteiger partial charge in [0.05, 0.1) is 5.69 Å². The summed E-state index contributed by atoms with van der Waals surface area (Å²) in [6.07, 6.45) is 0.626. The molecule has 0 spiro atoms. The summed E-state index contributed by atoms with van der Waals surface area (Å²) in [5.41, 5.74) is 0.115. The third-order valence-electron chi connectivity index (χ3n) is 1.86. The number of hydrogen-bond donors (Lipinski definition) is 1. The van der Waals surface area contributed by atoms with Crippen LogP contribution in [0, 0.1) is 0 Å². The van der Waals surface area contributed by atoms with Crippen LogP contribution in [0.15, 0.2) is 18.3 Å². The Hall–Kier alpha value is -0.830. The summed E-state index contributed by atoms with van der Waals surface area (Å²) < 4.78 is 17.2. The largest absolute Gasteiger partial charge is 0.362 e. The first-order valence-corrected chi connectivity index (χ1v) is 3.19. The van der Waals surface area contributed by atoms with E-state index in [1.54, 1.807) is 13.1 Å². The van der Waals surface area contributed by atoms with E-state index in [1.807, 2.05) is 12.1 Å². The van der Waals surface area contributed by atoms with Crippen molar-refractivity contribution in [3.63, 3.8) is 0 Å². The second kappa shape index (κ2) is 1.61. The first-order valence-electron chi connectivity index (χ1n) is 3.19. The van der Waals surface area contributed by atoms with Gasteiger partial charge in [0.2, 0.25) is 6.36 Å². The second-order valence-electron chi connectivity index (χ2n) is 2.62. The molecule has 0 saturated carbocycles. The lowest BCUT2D eigenvalue weighted by molar-refractivity contribution is 0.249. The molecule has 2 heterocycles. The minimum absolute atomic E-state index is 0.691. The molecular weight excluding hydrogens is 133 g/mol. The molecule has 1 saturated heterocycles. The Morgan fingerprint density at radius 1 is 1.80 bits per heavy atom. The van der Waals surface area contributed by atoms with Crippen LogP contribution in [-0.4, -0.2) is 11.3 Å². The highest BCUT2D eigenvalue weighted by atomic mass is 19.2. The molecule has 0 radical (unpaired) electrons. The molecule has 1 aliphatic rings. The molecule has 2 rings (SSSR count). The smallest absolute Gasteiger partial charge is 0.234 e. The average Bonchev–Trinajstić information content (AvgIpc) is 2.35. The number of H-pyrrole nitrogens is 1. The van der Waals surface area contributed by atoms with E-state index in [2.05, 4.69) is 4.98 Å². The van der Waals surface area contributed by atoms with E-state index in [0.717, 1.165) is 5.69 Å². The van der Waals surface area contributed by atoms with Crippen molar-refractivity contribution < 1.29 is 9.13 Å². The van der Waals surface area contributed by atoms with Crippen LogP contribution < -0.4 is 0 Å². The standard InChI is InChI=1S/C7H8FNO/c1-7(6(8)10-7)5-3-2-4-9-5/h2-4,6,9H,1H3. The lowest BCUT2D eigenvalue weighted by Gasteiger charge is -1.97. The van der Waals surface area contributed by atoms with Crippen molar-refractivity contribution >= 4 is 0 Å². The zero-order chi connectivity index (χ0) is 7.19. The predicted molar refractivity (Wildman–Crippen MR) is 34.1 cm³/mol. The normalized spacial score (nSPS) is 38.0. The molecule has 1 aliphatic heterocycles. The molecule has 1 aromatic heterocycles. The van der Waals surface area contributed by atoms with Gasteiger partial charge in [-0.05, 0) is 19.1 Å². The number of epoxide rings is 1. The number of aromatic amines is 1. The van der Waals surface area contributed by atoms with Crippen LogP contribution in [0.1, 0.15) is 12.6 Å². The lowest BCUT2D eigenvalue weighted by Crippen LogP contribution is -2.04. The van der Waals surface area contributed by atoms with Crippen LogP contribution in [0.4, 0.5) is 4.39 Å². The van der Waals surface area contributed by atoms with Gasteiger partial charge in [0, 0.05) is 6.20 Å². The van der Waals surface area contributed by atoms with Crippen molar-refractivity contribution in [2.75, 3.05) is 0 Å². The van der Waals surface area contributed by atoms with Gasteiger partial charge >= 0.3 is 0 Å². The van der Waals surface area contributed by atoms with E-state index in [9.17, 15) is 4.39 Å². The number of nitrogens with one attached hydrogen (secondary N) is 1. The molecule has 3 heteroatoms. The van der Waals surface area contributed by atoms with E-state index >= 15 is 0 Å². The number of rotatable bonds is 1. The summed E-state index contributed by atoms with van der Waals surface area (Å²) >= 11 is 0. The summed E-state index contributed by atoms with van der Waals surface area (Å²) in [5.74, 6) is 0. The fraction of sp³-hybridized carbons (Fsp3) is 0.429. The minimum atomic E-state index is -1.13. The van der Waals surface area contributed by atoms with Gasteiger partial charge in [0.15, 0.2) is 5.60 Å². The van der Waals surface area contributed by atoms with Gasteiger partial charge in [-0.25, -0.2) is 4.39 Å². The highest BCUT2D eigenvalue weighted by Gasteiger charge is 2.55. The average molecular weight is 141 g/mol. The Morgan fingerprint density at radius 2 is 2.50 bits per heavy atom. The molecule has 2 atom stereocenters. The van der Waals surface area contributed by atoms with Gasteiger partial charge in [-0.15, -0.1) is 0 Å². The third kappa shape index (κ3) is 0.609. The Kier molecular flexibility index (Phi) is 0.951. The first-order chi connectivity index (χ1) is 4.73. The van der Waals surface area contributed by atoms with Gasteiger partial charge in [-0.2, -0.15) is 0 Å². The van der Waals surface area contributed by atoms with Gasteiger partial charge in [-0.1, -0.05) is 0 Å². The fourth-order valence-electron chi connectivity index (χ4n) is 1.01. The summed E-state index contributed by atoms with van der Waals surface area (Å²) in [4.78, 5) is 2.90. The SMILES string of the molecule is CC1(c2ccc[nH]2)OC1F. The third-order valence-corrected chi connectivity index (χ3v) is 1.86. The van der Waals surface area contributed by atoms with E-state index in [4.69, 9.17) is 4.74 Å². The quantitative estimate of drug-likeness (QED) is 0.590. The highest BCUT2D eigenvalue weighted by Crippen LogP contribution is 2.45. The Balaban J connectivity index is 2.30. The predicted octanol–water partition coefficient (Wildman–Crippen LogP) is 1.56. The number of halogens is 1. The van der Waals surface area contributed by atoms with Crippen molar-refractivity contribution in [1.82, 2.24) is 4.98 Å². The van der Waals surface area contributed by atoms with Gasteiger partial charge in [-0.3, -0.25) is 0 Å². The highest BCUT2D eigenvalue weighted by molar-refractivity contribution is 5.19. The maximum absolute atomic E-state index is 12.5. The Morgan fingerprint density at radius 3 is 2.90 bits per heavy atom. The van der Waals surface area contributed by atoms with Crippen LogP contribution >= 0.6 is 0 Å². The number of alkyl halides is 1. The topological polar surface area (TPSA) is 28.3 Å². The van der Waals surface area contributed by atoms with Crippen LogP contribution in [0.3, 0.4) is 0 Å². The van der Waals surface area contributed by atoms with Crippen LogP contribution in [-0.2, 0) is 10.3 Å². The molecule has 1 aromatic rings. The van der Waals surface area contributed by atoms with Gasteiger partial charge < -0.3 is 9.72 Å². The molecule has 0 aliphatic carbocycles. The Bertz CT molecular complexity index is 234. The van der Waals surface area contributed by atoms with Crippen molar-refractivity contribution in [3.05, 3.63) is 24.0 Å². The van der Waals surface area contributed by atoms with E-state index < -0.39 is 12.0 Å². The summed E-state index contributed by atoms with van der Waals surface area (Å²) in [6.45, 7) is 1.73. The molecule has 1 fully saturated rings. The number of aromatic nitrogens is 1. The van der Waals surface area contributed by atoms with E-state index in [0.29, 0.717) is 0 Å². The van der Waals surface area contributed by atoms with Crippen molar-refractivity contribution in [2.24, 2.45) is 0 Å². The molecule has 2 nitrogen and oxygen atoms in total. The van der Waals surface area contributed by atoms with Crippen molar-refractivity contribution in [2.45, 2.75) is 18.9 Å². The molecule has 2 unspecified atom stereocenters. The molecular formula is C7H8FNO. The van der Waals surface area contributed by atoms with Gasteiger partial charge in [0.1, 0.15) is 0 Å². The lowest BCUT2D eigenvalue weighted by atomic mass is 10.1. The zero-order valence-corrected chi connectivity index (χ0v) is 5.60. The number of ether oxygens (including phenoxy) is 1. The molecule has 0 bridgehead atoms.